The van der Waals surface area contributed by atoms with Crippen LogP contribution in [-0.2, 0) is 16.8 Å². The van der Waals surface area contributed by atoms with Crippen LogP contribution in [0.4, 0.5) is 0 Å². The molecule has 1 atom stereocenters. The summed E-state index contributed by atoms with van der Waals surface area (Å²) >= 11 is 0. The van der Waals surface area contributed by atoms with Crippen molar-refractivity contribution in [2.24, 2.45) is 0 Å². The fourth-order valence-corrected chi connectivity index (χ4v) is 4.24. The van der Waals surface area contributed by atoms with Crippen LogP contribution in [0.2, 0.25) is 0 Å². The van der Waals surface area contributed by atoms with E-state index in [1.54, 1.807) is 25.3 Å². The highest BCUT2D eigenvalue weighted by Gasteiger charge is 2.42. The van der Waals surface area contributed by atoms with Crippen LogP contribution in [0, 0.1) is 0 Å². The molecule has 0 saturated heterocycles. The molecule has 35 heavy (non-hydrogen) atoms. The summed E-state index contributed by atoms with van der Waals surface area (Å²) in [6.07, 6.45) is 0.397. The van der Waals surface area contributed by atoms with Crippen molar-refractivity contribution in [1.82, 2.24) is 4.73 Å². The van der Waals surface area contributed by atoms with Crippen LogP contribution < -0.4 is 14.3 Å². The number of methoxy groups -OCH3 is 1. The number of aryl methyl sites for hydroxylation is 1. The number of fused-ring (bicyclic) bond motifs is 2. The summed E-state index contributed by atoms with van der Waals surface area (Å²) in [7, 11) is 1.57. The maximum absolute atomic E-state index is 12.2. The van der Waals surface area contributed by atoms with E-state index in [9.17, 15) is 20.1 Å². The molecule has 1 aliphatic rings. The van der Waals surface area contributed by atoms with Gasteiger partial charge < -0.3 is 29.6 Å². The second-order valence-electron chi connectivity index (χ2n) is 8.18. The Kier molecular flexibility index (Phi) is 5.58. The highest BCUT2D eigenvalue weighted by atomic mass is 16.7. The first-order valence-electron chi connectivity index (χ1n) is 11.0. The van der Waals surface area contributed by atoms with E-state index in [0.29, 0.717) is 45.1 Å². The Morgan fingerprint density at radius 3 is 2.31 bits per heavy atom. The van der Waals surface area contributed by atoms with Gasteiger partial charge in [-0.05, 0) is 35.7 Å². The molecule has 0 radical (unpaired) electrons. The molecular formula is C27H23NO7. The molecule has 3 aromatic carbocycles. The monoisotopic (exact) mass is 473 g/mol. The van der Waals surface area contributed by atoms with Crippen LogP contribution in [-0.4, -0.2) is 33.1 Å². The lowest BCUT2D eigenvalue weighted by Crippen LogP contribution is -2.32. The first-order chi connectivity index (χ1) is 16.9. The number of aromatic hydroxyl groups is 2. The van der Waals surface area contributed by atoms with Gasteiger partial charge in [0.25, 0.3) is 0 Å². The fraction of sp³-hybridized carbons (Fsp3) is 0.148. The number of rotatable bonds is 6. The molecule has 1 unspecified atom stereocenters. The van der Waals surface area contributed by atoms with Gasteiger partial charge in [-0.15, -0.1) is 4.73 Å². The largest absolute Gasteiger partial charge is 0.497 e. The third kappa shape index (κ3) is 3.94. The lowest BCUT2D eigenvalue weighted by Gasteiger charge is -2.36. The first kappa shape index (κ1) is 22.4. The zero-order chi connectivity index (χ0) is 24.6. The predicted octanol–water partition coefficient (Wildman–Crippen LogP) is 3.89. The molecule has 0 aliphatic carbocycles. The number of nitrogens with zero attached hydrogens (tertiary/aromatic N) is 1. The Bertz CT molecular complexity index is 1370. The Morgan fingerprint density at radius 1 is 0.914 bits per heavy atom. The summed E-state index contributed by atoms with van der Waals surface area (Å²) in [5.41, 5.74) is 1.27. The highest BCUT2D eigenvalue weighted by molar-refractivity contribution is 5.70. The Morgan fingerprint density at radius 2 is 1.60 bits per heavy atom. The molecule has 0 saturated carbocycles. The normalized spacial score (nSPS) is 16.1. The molecule has 0 spiro atoms. The second-order valence-corrected chi connectivity index (χ2v) is 8.18. The van der Waals surface area contributed by atoms with E-state index in [1.807, 2.05) is 48.5 Å². The fourth-order valence-electron chi connectivity index (χ4n) is 4.24. The predicted molar refractivity (Wildman–Crippen MR) is 126 cm³/mol. The van der Waals surface area contributed by atoms with Crippen molar-refractivity contribution in [2.45, 2.75) is 18.4 Å². The zero-order valence-corrected chi connectivity index (χ0v) is 18.8. The molecule has 5 rings (SSSR count). The number of hydrogen-bond acceptors (Lipinski definition) is 7. The molecular weight excluding hydrogens is 450 g/mol. The highest BCUT2D eigenvalue weighted by Crippen LogP contribution is 2.50. The number of aliphatic hydroxyl groups is 1. The summed E-state index contributed by atoms with van der Waals surface area (Å²) in [5.74, 6) is 0.323. The SMILES string of the molecule is COc1ccc2c(c1)Oc1ccccc1C2(O)c1ccc(CCC(=O)On2c(O)ccc2O)cc1. The first-order valence-corrected chi connectivity index (χ1v) is 11.0. The molecule has 4 aromatic rings. The minimum atomic E-state index is -1.45. The second kappa shape index (κ2) is 8.73. The topological polar surface area (TPSA) is 110 Å². The van der Waals surface area contributed by atoms with E-state index in [1.165, 1.54) is 12.1 Å². The molecule has 2 heterocycles. The molecule has 8 heteroatoms. The Balaban J connectivity index is 1.39. The van der Waals surface area contributed by atoms with E-state index in [-0.39, 0.29) is 18.2 Å². The maximum atomic E-state index is 12.2. The van der Waals surface area contributed by atoms with Crippen molar-refractivity contribution >= 4 is 5.97 Å². The van der Waals surface area contributed by atoms with Crippen molar-refractivity contribution in [2.75, 3.05) is 7.11 Å². The minimum absolute atomic E-state index is 0.0278. The van der Waals surface area contributed by atoms with Crippen LogP contribution in [0.25, 0.3) is 0 Å². The molecule has 1 aliphatic heterocycles. The third-order valence-electron chi connectivity index (χ3n) is 6.06. The van der Waals surface area contributed by atoms with Gasteiger partial charge in [-0.1, -0.05) is 42.5 Å². The molecule has 0 bridgehead atoms. The smallest absolute Gasteiger partial charge is 0.333 e. The lowest BCUT2D eigenvalue weighted by atomic mass is 9.78. The van der Waals surface area contributed by atoms with Gasteiger partial charge in [-0.25, -0.2) is 4.79 Å². The van der Waals surface area contributed by atoms with Crippen molar-refractivity contribution in [1.29, 1.82) is 0 Å². The Labute approximate surface area is 201 Å². The van der Waals surface area contributed by atoms with Gasteiger partial charge in [0.1, 0.15) is 22.8 Å². The van der Waals surface area contributed by atoms with Crippen molar-refractivity contribution in [3.8, 4) is 29.0 Å². The summed E-state index contributed by atoms with van der Waals surface area (Å²) in [6, 6.07) is 22.4. The number of ether oxygens (including phenoxy) is 2. The van der Waals surface area contributed by atoms with Gasteiger partial charge in [0, 0.05) is 29.3 Å². The number of aromatic nitrogens is 1. The van der Waals surface area contributed by atoms with Crippen LogP contribution in [0.15, 0.2) is 78.9 Å². The van der Waals surface area contributed by atoms with E-state index in [2.05, 4.69) is 0 Å². The average molecular weight is 473 g/mol. The van der Waals surface area contributed by atoms with Crippen molar-refractivity contribution < 1.29 is 34.4 Å². The third-order valence-corrected chi connectivity index (χ3v) is 6.06. The zero-order valence-electron chi connectivity index (χ0n) is 18.8. The summed E-state index contributed by atoms with van der Waals surface area (Å²) < 4.78 is 12.0. The van der Waals surface area contributed by atoms with Crippen LogP contribution >= 0.6 is 0 Å². The molecule has 3 N–H and O–H groups in total. The van der Waals surface area contributed by atoms with E-state index in [0.717, 1.165) is 5.56 Å². The summed E-state index contributed by atoms with van der Waals surface area (Å²) in [6.45, 7) is 0. The maximum Gasteiger partial charge on any atom is 0.333 e. The van der Waals surface area contributed by atoms with Gasteiger partial charge in [0.15, 0.2) is 0 Å². The number of benzene rings is 3. The summed E-state index contributed by atoms with van der Waals surface area (Å²) in [5, 5.41) is 31.3. The van der Waals surface area contributed by atoms with Crippen molar-refractivity contribution in [3.05, 3.63) is 101 Å². The molecule has 0 amide bonds. The van der Waals surface area contributed by atoms with Gasteiger partial charge in [0.05, 0.1) is 13.5 Å². The van der Waals surface area contributed by atoms with E-state index < -0.39 is 11.6 Å². The van der Waals surface area contributed by atoms with E-state index in [4.69, 9.17) is 14.3 Å². The standard InChI is InChI=1S/C27H23NO7/c1-33-19-11-12-21-23(16-19)34-22-5-3-2-4-20(22)27(21,32)18-9-6-17(7-10-18)8-15-26(31)35-28-24(29)13-14-25(28)30/h2-7,9-14,16,29-30,32H,8,15H2,1H3. The van der Waals surface area contributed by atoms with Gasteiger partial charge in [-0.2, -0.15) is 0 Å². The lowest BCUT2D eigenvalue weighted by molar-refractivity contribution is -0.145. The van der Waals surface area contributed by atoms with Gasteiger partial charge >= 0.3 is 5.97 Å². The number of hydrogen-bond donors (Lipinski definition) is 3. The number of carbonyl (C=O) groups excluding carboxylic acids is 1. The Hall–Kier alpha value is -4.43. The summed E-state index contributed by atoms with van der Waals surface area (Å²) in [4.78, 5) is 17.1. The number of carbonyl (C=O) groups is 1. The van der Waals surface area contributed by atoms with Crippen LogP contribution in [0.3, 0.4) is 0 Å². The number of para-hydroxylation sites is 1. The quantitative estimate of drug-likeness (QED) is 0.390. The van der Waals surface area contributed by atoms with Gasteiger partial charge in [-0.3, -0.25) is 0 Å². The minimum Gasteiger partial charge on any atom is -0.497 e. The van der Waals surface area contributed by atoms with E-state index >= 15 is 0 Å². The molecule has 178 valence electrons. The van der Waals surface area contributed by atoms with Crippen LogP contribution in [0.1, 0.15) is 28.7 Å². The molecule has 0 fully saturated rings. The molecule has 8 nitrogen and oxygen atoms in total. The van der Waals surface area contributed by atoms with Crippen LogP contribution in [0.5, 0.6) is 29.0 Å². The van der Waals surface area contributed by atoms with Gasteiger partial charge in [0.2, 0.25) is 11.8 Å². The molecule has 1 aromatic heterocycles. The average Bonchev–Trinajstić information content (AvgIpc) is 3.19. The van der Waals surface area contributed by atoms with Crippen molar-refractivity contribution in [3.63, 3.8) is 0 Å².